The highest BCUT2D eigenvalue weighted by atomic mass is 35.5. The van der Waals surface area contributed by atoms with E-state index in [1.54, 1.807) is 18.2 Å². The van der Waals surface area contributed by atoms with Gasteiger partial charge in [-0.3, -0.25) is 15.0 Å². The van der Waals surface area contributed by atoms with Gasteiger partial charge in [0, 0.05) is 48.9 Å². The third-order valence-corrected chi connectivity index (χ3v) is 4.57. The summed E-state index contributed by atoms with van der Waals surface area (Å²) < 4.78 is 14.3. The summed E-state index contributed by atoms with van der Waals surface area (Å²) in [7, 11) is 0. The second kappa shape index (κ2) is 5.53. The van der Waals surface area contributed by atoms with Gasteiger partial charge in [0.15, 0.2) is 5.66 Å². The molecule has 2 atom stereocenters. The molecule has 2 unspecified atom stereocenters. The molecule has 5 nitrogen and oxygen atoms in total. The van der Waals surface area contributed by atoms with Crippen LogP contribution in [0.5, 0.6) is 0 Å². The van der Waals surface area contributed by atoms with Crippen molar-refractivity contribution in [1.29, 1.82) is 0 Å². The molecule has 21 heavy (non-hydrogen) atoms. The first-order valence-electron chi connectivity index (χ1n) is 7.01. The first-order valence-corrected chi connectivity index (χ1v) is 7.39. The number of hydrogen-bond donors (Lipinski definition) is 3. The lowest BCUT2D eigenvalue weighted by atomic mass is 9.85. The van der Waals surface area contributed by atoms with E-state index in [-0.39, 0.29) is 6.54 Å². The molecule has 1 aromatic carbocycles. The van der Waals surface area contributed by atoms with Gasteiger partial charge in [0.05, 0.1) is 0 Å². The Balaban J connectivity index is 2.16. The third kappa shape index (κ3) is 2.23. The number of amides is 1. The maximum Gasteiger partial charge on any atom is 0.257 e. The molecule has 1 aromatic rings. The van der Waals surface area contributed by atoms with Crippen molar-refractivity contribution in [3.63, 3.8) is 0 Å². The molecule has 1 saturated heterocycles. The van der Waals surface area contributed by atoms with E-state index in [2.05, 4.69) is 10.6 Å². The van der Waals surface area contributed by atoms with E-state index in [4.69, 9.17) is 17.3 Å². The van der Waals surface area contributed by atoms with Gasteiger partial charge in [-0.25, -0.2) is 4.39 Å². The van der Waals surface area contributed by atoms with Crippen LogP contribution in [0.15, 0.2) is 18.2 Å². The lowest BCUT2D eigenvalue weighted by Gasteiger charge is -2.47. The Morgan fingerprint density at radius 1 is 1.43 bits per heavy atom. The standard InChI is InChI=1S/C14H18ClFN4O/c15-10-3-1-2-9-12(10)11(16)8-19-14(9,13(17)21)20-6-4-18-5-7-20/h1-3,11,18-19H,4-8H2,(H2,17,21). The maximum absolute atomic E-state index is 14.3. The van der Waals surface area contributed by atoms with Crippen LogP contribution in [0.2, 0.25) is 5.02 Å². The smallest absolute Gasteiger partial charge is 0.257 e. The van der Waals surface area contributed by atoms with Gasteiger partial charge in [-0.05, 0) is 6.07 Å². The average molecular weight is 313 g/mol. The van der Waals surface area contributed by atoms with Crippen LogP contribution in [-0.2, 0) is 10.5 Å². The zero-order chi connectivity index (χ0) is 15.0. The van der Waals surface area contributed by atoms with Crippen molar-refractivity contribution in [1.82, 2.24) is 15.5 Å². The lowest BCUT2D eigenvalue weighted by molar-refractivity contribution is -0.135. The van der Waals surface area contributed by atoms with E-state index in [1.807, 2.05) is 4.90 Å². The number of hydrogen-bond acceptors (Lipinski definition) is 4. The molecule has 4 N–H and O–H groups in total. The second-order valence-corrected chi connectivity index (χ2v) is 5.77. The fourth-order valence-electron chi connectivity index (χ4n) is 3.26. The number of carbonyl (C=O) groups is 1. The predicted octanol–water partition coefficient (Wildman–Crippen LogP) is 0.497. The number of rotatable bonds is 2. The number of alkyl halides is 1. The molecule has 0 aliphatic carbocycles. The summed E-state index contributed by atoms with van der Waals surface area (Å²) in [6, 6.07) is 5.09. The summed E-state index contributed by atoms with van der Waals surface area (Å²) in [5.74, 6) is -0.528. The summed E-state index contributed by atoms with van der Waals surface area (Å²) in [6.45, 7) is 2.83. The van der Waals surface area contributed by atoms with E-state index in [9.17, 15) is 9.18 Å². The molecule has 0 spiro atoms. The minimum atomic E-state index is -1.25. The second-order valence-electron chi connectivity index (χ2n) is 5.36. The third-order valence-electron chi connectivity index (χ3n) is 4.24. The van der Waals surface area contributed by atoms with E-state index in [0.717, 1.165) is 13.1 Å². The number of primary amides is 1. The van der Waals surface area contributed by atoms with Gasteiger partial charge in [0.2, 0.25) is 0 Å². The van der Waals surface area contributed by atoms with Crippen LogP contribution in [0.25, 0.3) is 0 Å². The van der Waals surface area contributed by atoms with E-state index in [1.165, 1.54) is 0 Å². The summed E-state index contributed by atoms with van der Waals surface area (Å²) in [6.07, 6.45) is -1.25. The van der Waals surface area contributed by atoms with E-state index >= 15 is 0 Å². The quantitative estimate of drug-likeness (QED) is 0.744. The molecule has 1 amide bonds. The monoisotopic (exact) mass is 312 g/mol. The van der Waals surface area contributed by atoms with Crippen LogP contribution in [-0.4, -0.2) is 43.5 Å². The minimum Gasteiger partial charge on any atom is -0.367 e. The molecule has 2 heterocycles. The van der Waals surface area contributed by atoms with Crippen LogP contribution in [0.3, 0.4) is 0 Å². The van der Waals surface area contributed by atoms with Crippen molar-refractivity contribution < 1.29 is 9.18 Å². The number of halogens is 2. The molecule has 0 radical (unpaired) electrons. The highest BCUT2D eigenvalue weighted by molar-refractivity contribution is 6.31. The number of piperazine rings is 1. The van der Waals surface area contributed by atoms with Crippen molar-refractivity contribution in [2.45, 2.75) is 11.8 Å². The summed E-state index contributed by atoms with van der Waals surface area (Å²) in [5, 5.41) is 6.59. The van der Waals surface area contributed by atoms with Crippen molar-refractivity contribution in [3.05, 3.63) is 34.3 Å². The fraction of sp³-hybridized carbons (Fsp3) is 0.500. The van der Waals surface area contributed by atoms with Crippen LogP contribution in [0, 0.1) is 0 Å². The Labute approximate surface area is 127 Å². The zero-order valence-electron chi connectivity index (χ0n) is 11.5. The van der Waals surface area contributed by atoms with Crippen molar-refractivity contribution in [3.8, 4) is 0 Å². The molecule has 0 saturated carbocycles. The van der Waals surface area contributed by atoms with Gasteiger partial charge in [0.25, 0.3) is 5.91 Å². The predicted molar refractivity (Wildman–Crippen MR) is 78.6 cm³/mol. The van der Waals surface area contributed by atoms with Crippen molar-refractivity contribution >= 4 is 17.5 Å². The highest BCUT2D eigenvalue weighted by Gasteiger charge is 2.49. The molecule has 2 aliphatic heterocycles. The summed E-state index contributed by atoms with van der Waals surface area (Å²) in [5.41, 5.74) is 5.43. The molecule has 2 aliphatic rings. The zero-order valence-corrected chi connectivity index (χ0v) is 12.3. The molecular formula is C14H18ClFN4O. The van der Waals surface area contributed by atoms with Crippen molar-refractivity contribution in [2.75, 3.05) is 32.7 Å². The highest BCUT2D eigenvalue weighted by Crippen LogP contribution is 2.40. The SMILES string of the molecule is NC(=O)C1(N2CCNCC2)NCC(F)c2c(Cl)cccc21. The first-order chi connectivity index (χ1) is 10.1. The number of nitrogens with two attached hydrogens (primary N) is 1. The first kappa shape index (κ1) is 14.7. The molecular weight excluding hydrogens is 295 g/mol. The number of benzene rings is 1. The van der Waals surface area contributed by atoms with Gasteiger partial charge < -0.3 is 11.1 Å². The molecule has 0 aromatic heterocycles. The number of fused-ring (bicyclic) bond motifs is 1. The van der Waals surface area contributed by atoms with Gasteiger partial charge in [-0.2, -0.15) is 0 Å². The summed E-state index contributed by atoms with van der Waals surface area (Å²) >= 11 is 6.16. The van der Waals surface area contributed by atoms with E-state index < -0.39 is 17.7 Å². The minimum absolute atomic E-state index is 0.0175. The Hall–Kier alpha value is -1.21. The number of nitrogens with one attached hydrogen (secondary N) is 2. The maximum atomic E-state index is 14.3. The molecule has 3 rings (SSSR count). The van der Waals surface area contributed by atoms with Gasteiger partial charge in [-0.1, -0.05) is 23.7 Å². The normalized spacial score (nSPS) is 29.9. The van der Waals surface area contributed by atoms with Gasteiger partial charge in [-0.15, -0.1) is 0 Å². The largest absolute Gasteiger partial charge is 0.367 e. The Bertz CT molecular complexity index is 564. The average Bonchev–Trinajstić information content (AvgIpc) is 2.48. The topological polar surface area (TPSA) is 70.4 Å². The van der Waals surface area contributed by atoms with Gasteiger partial charge >= 0.3 is 0 Å². The summed E-state index contributed by atoms with van der Waals surface area (Å²) in [4.78, 5) is 14.3. The molecule has 1 fully saturated rings. The fourth-order valence-corrected chi connectivity index (χ4v) is 3.56. The van der Waals surface area contributed by atoms with Gasteiger partial charge in [0.1, 0.15) is 6.17 Å². The lowest BCUT2D eigenvalue weighted by Crippen LogP contribution is -2.68. The van der Waals surface area contributed by atoms with E-state index in [0.29, 0.717) is 29.2 Å². The molecule has 0 bridgehead atoms. The van der Waals surface area contributed by atoms with Crippen LogP contribution in [0.4, 0.5) is 4.39 Å². The van der Waals surface area contributed by atoms with Crippen LogP contribution < -0.4 is 16.4 Å². The van der Waals surface area contributed by atoms with Crippen LogP contribution in [0.1, 0.15) is 17.3 Å². The Kier molecular flexibility index (Phi) is 3.88. The van der Waals surface area contributed by atoms with Crippen LogP contribution >= 0.6 is 11.6 Å². The Morgan fingerprint density at radius 2 is 2.14 bits per heavy atom. The number of carbonyl (C=O) groups excluding carboxylic acids is 1. The van der Waals surface area contributed by atoms with Crippen molar-refractivity contribution in [2.24, 2.45) is 5.73 Å². The Morgan fingerprint density at radius 3 is 2.81 bits per heavy atom. The molecule has 114 valence electrons. The number of nitrogens with zero attached hydrogens (tertiary/aromatic N) is 1. The molecule has 7 heteroatoms.